The van der Waals surface area contributed by atoms with Crippen molar-refractivity contribution in [2.45, 2.75) is 40.1 Å². The average Bonchev–Trinajstić information content (AvgIpc) is 2.97. The van der Waals surface area contributed by atoms with E-state index in [0.29, 0.717) is 10.9 Å². The molecule has 0 atom stereocenters. The molecule has 0 spiro atoms. The molecule has 3 rings (SSSR count). The summed E-state index contributed by atoms with van der Waals surface area (Å²) < 4.78 is 56.2. The number of aromatic nitrogens is 2. The number of hydrogen-bond donors (Lipinski definition) is 0. The Hall–Kier alpha value is -2.05. The molecule has 2 aromatic carbocycles. The summed E-state index contributed by atoms with van der Waals surface area (Å²) in [6.45, 7) is 5.89. The van der Waals surface area contributed by atoms with Crippen molar-refractivity contribution in [1.82, 2.24) is 9.55 Å². The van der Waals surface area contributed by atoms with Gasteiger partial charge in [0.25, 0.3) is 0 Å². The highest BCUT2D eigenvalue weighted by atomic mass is 79.9. The molecule has 0 N–H and O–H groups in total. The van der Waals surface area contributed by atoms with E-state index in [0.717, 1.165) is 33.5 Å². The number of hydrogen-bond acceptors (Lipinski definition) is 4. The fourth-order valence-corrected chi connectivity index (χ4v) is 3.59. The summed E-state index contributed by atoms with van der Waals surface area (Å²) in [5, 5.41) is 10.1. The van der Waals surface area contributed by atoms with Gasteiger partial charge in [0, 0.05) is 28.0 Å². The van der Waals surface area contributed by atoms with Crippen molar-refractivity contribution in [2.24, 2.45) is 5.41 Å². The lowest BCUT2D eigenvalue weighted by molar-refractivity contribution is -0.387. The second kappa shape index (κ2) is 10.9. The lowest BCUT2D eigenvalue weighted by Crippen LogP contribution is -2.20. The molecule has 0 amide bonds. The minimum Gasteiger partial charge on any atom is -0.326 e. The zero-order valence-electron chi connectivity index (χ0n) is 17.9. The van der Waals surface area contributed by atoms with Crippen molar-refractivity contribution < 1.29 is 27.2 Å². The highest BCUT2D eigenvalue weighted by Gasteiger charge is 2.29. The molecule has 1 heterocycles. The molecule has 33 heavy (non-hydrogen) atoms. The summed E-state index contributed by atoms with van der Waals surface area (Å²) in [6.07, 6.45) is -3.94. The van der Waals surface area contributed by atoms with E-state index in [1.807, 2.05) is 18.2 Å². The Morgan fingerprint density at radius 2 is 1.70 bits per heavy atom. The number of nitrogens with zero attached hydrogens (tertiary/aromatic N) is 3. The van der Waals surface area contributed by atoms with Gasteiger partial charge in [0.2, 0.25) is 5.82 Å². The molecular weight excluding hydrogens is 578 g/mol. The smallest absolute Gasteiger partial charge is 0.326 e. The SMILES string of the molecule is CC(C)(C)Cc1nc2cc(Br)ccc2n1CCOC(F)(F)F.O=[N+]([O-])c1cc(Br)ccc1F. The summed E-state index contributed by atoms with van der Waals surface area (Å²) in [7, 11) is 0. The second-order valence-corrected chi connectivity index (χ2v) is 10.0. The lowest BCUT2D eigenvalue weighted by atomic mass is 9.92. The van der Waals surface area contributed by atoms with Crippen LogP contribution < -0.4 is 0 Å². The van der Waals surface area contributed by atoms with Gasteiger partial charge in [0.15, 0.2) is 0 Å². The molecule has 0 aliphatic rings. The molecule has 0 saturated heterocycles. The summed E-state index contributed by atoms with van der Waals surface area (Å²) in [6, 6.07) is 9.14. The van der Waals surface area contributed by atoms with Gasteiger partial charge in [-0.3, -0.25) is 14.9 Å². The van der Waals surface area contributed by atoms with Crippen molar-refractivity contribution in [3.63, 3.8) is 0 Å². The predicted molar refractivity (Wildman–Crippen MR) is 123 cm³/mol. The maximum absolute atomic E-state index is 12.6. The van der Waals surface area contributed by atoms with Gasteiger partial charge in [-0.25, -0.2) is 4.98 Å². The van der Waals surface area contributed by atoms with Crippen LogP contribution in [0, 0.1) is 21.3 Å². The van der Waals surface area contributed by atoms with Gasteiger partial charge in [-0.15, -0.1) is 13.2 Å². The normalized spacial score (nSPS) is 11.9. The number of alkyl halides is 3. The molecule has 0 aliphatic heterocycles. The lowest BCUT2D eigenvalue weighted by Gasteiger charge is -2.19. The van der Waals surface area contributed by atoms with E-state index < -0.39 is 29.4 Å². The summed E-state index contributed by atoms with van der Waals surface area (Å²) in [4.78, 5) is 13.9. The van der Waals surface area contributed by atoms with Crippen molar-refractivity contribution in [1.29, 1.82) is 0 Å². The molecule has 180 valence electrons. The molecule has 0 bridgehead atoms. The molecule has 0 fully saturated rings. The van der Waals surface area contributed by atoms with Crippen LogP contribution in [-0.2, 0) is 17.7 Å². The Balaban J connectivity index is 0.000000294. The topological polar surface area (TPSA) is 70.2 Å². The standard InChI is InChI=1S/C15H18BrF3N2O.C6H3BrFNO2/c1-14(2,3)9-13-20-11-8-10(16)4-5-12(11)21(13)6-7-22-15(17,18)19;7-4-1-2-5(8)6(3-4)9(10)11/h4-5,8H,6-7,9H2,1-3H3;1-3H. The molecule has 0 radical (unpaired) electrons. The van der Waals surface area contributed by atoms with Gasteiger partial charge in [0.1, 0.15) is 5.82 Å². The number of nitro groups is 1. The monoisotopic (exact) mass is 597 g/mol. The molecule has 0 unspecified atom stereocenters. The zero-order chi connectivity index (χ0) is 25.0. The Morgan fingerprint density at radius 1 is 1.09 bits per heavy atom. The molecular formula is C21H21Br2F4N3O3. The van der Waals surface area contributed by atoms with Crippen LogP contribution in [-0.4, -0.2) is 27.4 Å². The van der Waals surface area contributed by atoms with Crippen LogP contribution >= 0.6 is 31.9 Å². The first kappa shape index (κ1) is 27.2. The second-order valence-electron chi connectivity index (χ2n) is 8.20. The van der Waals surface area contributed by atoms with Gasteiger partial charge < -0.3 is 4.57 Å². The molecule has 6 nitrogen and oxygen atoms in total. The summed E-state index contributed by atoms with van der Waals surface area (Å²) >= 11 is 6.38. The third kappa shape index (κ3) is 8.67. The van der Waals surface area contributed by atoms with E-state index in [9.17, 15) is 27.7 Å². The molecule has 1 aromatic heterocycles. The van der Waals surface area contributed by atoms with Crippen LogP contribution in [0.4, 0.5) is 23.2 Å². The maximum atomic E-state index is 12.6. The fraction of sp³-hybridized carbons (Fsp3) is 0.381. The van der Waals surface area contributed by atoms with Crippen LogP contribution in [0.2, 0.25) is 0 Å². The van der Waals surface area contributed by atoms with Crippen molar-refractivity contribution >= 4 is 48.6 Å². The summed E-state index contributed by atoms with van der Waals surface area (Å²) in [5.74, 6) is -0.0513. The fourth-order valence-electron chi connectivity index (χ4n) is 2.89. The zero-order valence-corrected chi connectivity index (χ0v) is 21.1. The van der Waals surface area contributed by atoms with E-state index in [1.54, 1.807) is 4.57 Å². The molecule has 12 heteroatoms. The van der Waals surface area contributed by atoms with Crippen molar-refractivity contribution in [3.05, 3.63) is 67.1 Å². The van der Waals surface area contributed by atoms with Crippen LogP contribution in [0.25, 0.3) is 11.0 Å². The molecule has 0 aliphatic carbocycles. The Labute approximate surface area is 204 Å². The third-order valence-electron chi connectivity index (χ3n) is 4.16. The number of benzene rings is 2. The van der Waals surface area contributed by atoms with Crippen LogP contribution in [0.3, 0.4) is 0 Å². The Kier molecular flexibility index (Phi) is 9.00. The highest BCUT2D eigenvalue weighted by molar-refractivity contribution is 9.10. The van der Waals surface area contributed by atoms with Crippen molar-refractivity contribution in [3.8, 4) is 0 Å². The number of fused-ring (bicyclic) bond motifs is 1. The Morgan fingerprint density at radius 3 is 2.24 bits per heavy atom. The van der Waals surface area contributed by atoms with Gasteiger partial charge in [0.05, 0.1) is 22.6 Å². The first-order valence-corrected chi connectivity index (χ1v) is 11.2. The van der Waals surface area contributed by atoms with Crippen molar-refractivity contribution in [2.75, 3.05) is 6.61 Å². The number of ether oxygens (including phenoxy) is 1. The van der Waals surface area contributed by atoms with Crippen LogP contribution in [0.5, 0.6) is 0 Å². The first-order chi connectivity index (χ1) is 15.2. The van der Waals surface area contributed by atoms with E-state index in [4.69, 9.17) is 0 Å². The number of halogens is 6. The number of nitro benzene ring substituents is 1. The van der Waals surface area contributed by atoms with E-state index in [1.165, 1.54) is 6.07 Å². The first-order valence-electron chi connectivity index (χ1n) is 9.61. The minimum atomic E-state index is -4.61. The summed E-state index contributed by atoms with van der Waals surface area (Å²) in [5.41, 5.74) is 1.05. The molecule has 0 saturated carbocycles. The van der Waals surface area contributed by atoms with E-state index >= 15 is 0 Å². The quantitative estimate of drug-likeness (QED) is 0.174. The largest absolute Gasteiger partial charge is 0.522 e. The number of rotatable bonds is 5. The van der Waals surface area contributed by atoms with Crippen LogP contribution in [0.1, 0.15) is 26.6 Å². The highest BCUT2D eigenvalue weighted by Crippen LogP contribution is 2.26. The van der Waals surface area contributed by atoms with Crippen LogP contribution in [0.15, 0.2) is 45.3 Å². The van der Waals surface area contributed by atoms with Gasteiger partial charge in [-0.05, 0) is 35.7 Å². The predicted octanol–water partition coefficient (Wildman–Crippen LogP) is 7.42. The third-order valence-corrected chi connectivity index (χ3v) is 5.15. The maximum Gasteiger partial charge on any atom is 0.522 e. The van der Waals surface area contributed by atoms with Gasteiger partial charge in [-0.1, -0.05) is 52.6 Å². The van der Waals surface area contributed by atoms with Gasteiger partial charge >= 0.3 is 12.0 Å². The van der Waals surface area contributed by atoms with E-state index in [-0.39, 0.29) is 12.0 Å². The average molecular weight is 599 g/mol. The molecule has 3 aromatic rings. The number of imidazole rings is 1. The Bertz CT molecular complexity index is 1130. The minimum absolute atomic E-state index is 0.0127. The van der Waals surface area contributed by atoms with Gasteiger partial charge in [-0.2, -0.15) is 4.39 Å². The van der Waals surface area contributed by atoms with E-state index in [2.05, 4.69) is 62.4 Å².